The van der Waals surface area contributed by atoms with Gasteiger partial charge in [0.05, 0.1) is 43.0 Å². The molecule has 1 aliphatic heterocycles. The Morgan fingerprint density at radius 2 is 2.14 bits per heavy atom. The van der Waals surface area contributed by atoms with Crippen LogP contribution in [0.5, 0.6) is 5.88 Å². The highest BCUT2D eigenvalue weighted by Crippen LogP contribution is 2.23. The zero-order valence-electron chi connectivity index (χ0n) is 17.3. The maximum Gasteiger partial charge on any atom is 0.407 e. The van der Waals surface area contributed by atoms with Gasteiger partial charge in [0, 0.05) is 18.7 Å². The lowest BCUT2D eigenvalue weighted by atomic mass is 9.96. The molecule has 158 valence electrons. The highest BCUT2D eigenvalue weighted by molar-refractivity contribution is 5.78. The van der Waals surface area contributed by atoms with E-state index in [0.717, 1.165) is 11.1 Å². The second-order valence-corrected chi connectivity index (χ2v) is 8.26. The average Bonchev–Trinajstić information content (AvgIpc) is 2.67. The molecule has 0 aliphatic carbocycles. The molecule has 0 spiro atoms. The van der Waals surface area contributed by atoms with E-state index in [-0.39, 0.29) is 12.1 Å². The molecule has 8 nitrogen and oxygen atoms in total. The van der Waals surface area contributed by atoms with Gasteiger partial charge in [0.2, 0.25) is 5.88 Å². The Balaban J connectivity index is 1.57. The quantitative estimate of drug-likeness (QED) is 0.791. The number of aromatic nitrogens is 2. The van der Waals surface area contributed by atoms with E-state index in [2.05, 4.69) is 15.3 Å². The SMILES string of the molecule is COc1ccc2nccc(C[C@H](O)C3CCC(NC(=O)OC(C)(C)C)CO3)c2n1. The number of aliphatic hydroxyl groups excluding tert-OH is 1. The first-order valence-electron chi connectivity index (χ1n) is 9.83. The molecular formula is C21H29N3O5. The summed E-state index contributed by atoms with van der Waals surface area (Å²) >= 11 is 0. The highest BCUT2D eigenvalue weighted by Gasteiger charge is 2.29. The Bertz CT molecular complexity index is 844. The third-order valence-corrected chi connectivity index (χ3v) is 4.74. The summed E-state index contributed by atoms with van der Waals surface area (Å²) in [7, 11) is 1.57. The Hall–Kier alpha value is -2.45. The molecule has 29 heavy (non-hydrogen) atoms. The van der Waals surface area contributed by atoms with Crippen LogP contribution >= 0.6 is 0 Å². The normalized spacial score (nSPS) is 20.9. The van der Waals surface area contributed by atoms with Crippen LogP contribution < -0.4 is 10.1 Å². The van der Waals surface area contributed by atoms with Gasteiger partial charge in [-0.05, 0) is 51.3 Å². The first-order valence-corrected chi connectivity index (χ1v) is 9.83. The number of nitrogens with zero attached hydrogens (tertiary/aromatic N) is 2. The number of fused-ring (bicyclic) bond motifs is 1. The summed E-state index contributed by atoms with van der Waals surface area (Å²) in [6.45, 7) is 5.81. The van der Waals surface area contributed by atoms with Crippen molar-refractivity contribution in [1.82, 2.24) is 15.3 Å². The number of ether oxygens (including phenoxy) is 3. The van der Waals surface area contributed by atoms with E-state index < -0.39 is 17.8 Å². The lowest BCUT2D eigenvalue weighted by Gasteiger charge is -2.32. The molecule has 0 bridgehead atoms. The molecule has 2 aromatic rings. The minimum absolute atomic E-state index is 0.124. The predicted octanol–water partition coefficient (Wildman–Crippen LogP) is 2.61. The van der Waals surface area contributed by atoms with E-state index in [9.17, 15) is 9.90 Å². The van der Waals surface area contributed by atoms with Crippen LogP contribution in [0, 0.1) is 0 Å². The first-order chi connectivity index (χ1) is 13.7. The molecule has 3 heterocycles. The topological polar surface area (TPSA) is 103 Å². The number of carbonyl (C=O) groups is 1. The minimum Gasteiger partial charge on any atom is -0.481 e. The molecule has 0 aromatic carbocycles. The van der Waals surface area contributed by atoms with Crippen LogP contribution in [0.3, 0.4) is 0 Å². The summed E-state index contributed by atoms with van der Waals surface area (Å²) in [6, 6.07) is 5.34. The van der Waals surface area contributed by atoms with Crippen LogP contribution in [0.4, 0.5) is 4.79 Å². The summed E-state index contributed by atoms with van der Waals surface area (Å²) in [6.07, 6.45) is 2.02. The van der Waals surface area contributed by atoms with Gasteiger partial charge in [-0.15, -0.1) is 0 Å². The zero-order chi connectivity index (χ0) is 21.0. The molecule has 1 amide bonds. The summed E-state index contributed by atoms with van der Waals surface area (Å²) < 4.78 is 16.3. The number of aliphatic hydroxyl groups is 1. The molecular weight excluding hydrogens is 374 g/mol. The van der Waals surface area contributed by atoms with Gasteiger partial charge < -0.3 is 24.6 Å². The molecule has 3 atom stereocenters. The number of pyridine rings is 2. The molecule has 2 N–H and O–H groups in total. The first kappa shape index (κ1) is 21.3. The Kier molecular flexibility index (Phi) is 6.54. The fourth-order valence-corrected chi connectivity index (χ4v) is 3.36. The van der Waals surface area contributed by atoms with E-state index in [1.165, 1.54) is 0 Å². The van der Waals surface area contributed by atoms with Gasteiger partial charge in [0.25, 0.3) is 0 Å². The van der Waals surface area contributed by atoms with E-state index in [1.807, 2.05) is 32.9 Å². The summed E-state index contributed by atoms with van der Waals surface area (Å²) in [5.74, 6) is 0.506. The maximum absolute atomic E-state index is 11.9. The summed E-state index contributed by atoms with van der Waals surface area (Å²) in [5.41, 5.74) is 1.81. The number of hydrogen-bond donors (Lipinski definition) is 2. The van der Waals surface area contributed by atoms with Crippen LogP contribution in [0.1, 0.15) is 39.2 Å². The fraction of sp³-hybridized carbons (Fsp3) is 0.571. The molecule has 0 saturated carbocycles. The van der Waals surface area contributed by atoms with E-state index in [4.69, 9.17) is 14.2 Å². The molecule has 1 saturated heterocycles. The van der Waals surface area contributed by atoms with Crippen molar-refractivity contribution in [3.05, 3.63) is 30.0 Å². The van der Waals surface area contributed by atoms with Crippen molar-refractivity contribution in [3.8, 4) is 5.88 Å². The molecule has 0 radical (unpaired) electrons. The van der Waals surface area contributed by atoms with Crippen LogP contribution in [-0.2, 0) is 15.9 Å². The van der Waals surface area contributed by atoms with Gasteiger partial charge in [0.1, 0.15) is 5.60 Å². The third-order valence-electron chi connectivity index (χ3n) is 4.74. The largest absolute Gasteiger partial charge is 0.481 e. The maximum atomic E-state index is 11.9. The summed E-state index contributed by atoms with van der Waals surface area (Å²) in [5, 5.41) is 13.5. The van der Waals surface area contributed by atoms with Crippen molar-refractivity contribution in [2.75, 3.05) is 13.7 Å². The van der Waals surface area contributed by atoms with E-state index in [0.29, 0.717) is 37.3 Å². The van der Waals surface area contributed by atoms with E-state index in [1.54, 1.807) is 19.4 Å². The summed E-state index contributed by atoms with van der Waals surface area (Å²) in [4.78, 5) is 20.7. The second-order valence-electron chi connectivity index (χ2n) is 8.26. The second kappa shape index (κ2) is 8.92. The zero-order valence-corrected chi connectivity index (χ0v) is 17.3. The van der Waals surface area contributed by atoms with Gasteiger partial charge in [-0.1, -0.05) is 0 Å². The van der Waals surface area contributed by atoms with Crippen molar-refractivity contribution < 1.29 is 24.1 Å². The number of rotatable bonds is 5. The Morgan fingerprint density at radius 3 is 2.79 bits per heavy atom. The Morgan fingerprint density at radius 1 is 1.34 bits per heavy atom. The molecule has 2 unspecified atom stereocenters. The number of alkyl carbamates (subject to hydrolysis) is 1. The minimum atomic E-state index is -0.684. The van der Waals surface area contributed by atoms with Gasteiger partial charge in [-0.2, -0.15) is 0 Å². The number of amides is 1. The number of hydrogen-bond acceptors (Lipinski definition) is 7. The Labute approximate surface area is 170 Å². The monoisotopic (exact) mass is 403 g/mol. The lowest BCUT2D eigenvalue weighted by molar-refractivity contribution is -0.0718. The van der Waals surface area contributed by atoms with Crippen LogP contribution in [-0.4, -0.2) is 58.7 Å². The van der Waals surface area contributed by atoms with Gasteiger partial charge >= 0.3 is 6.09 Å². The van der Waals surface area contributed by atoms with Crippen LogP contribution in [0.2, 0.25) is 0 Å². The van der Waals surface area contributed by atoms with Crippen molar-refractivity contribution in [3.63, 3.8) is 0 Å². The highest BCUT2D eigenvalue weighted by atomic mass is 16.6. The molecule has 1 fully saturated rings. The molecule has 3 rings (SSSR count). The van der Waals surface area contributed by atoms with Crippen molar-refractivity contribution in [2.45, 2.75) is 63.9 Å². The van der Waals surface area contributed by atoms with E-state index >= 15 is 0 Å². The van der Waals surface area contributed by atoms with Crippen molar-refractivity contribution in [2.24, 2.45) is 0 Å². The number of methoxy groups -OCH3 is 1. The fourth-order valence-electron chi connectivity index (χ4n) is 3.36. The lowest BCUT2D eigenvalue weighted by Crippen LogP contribution is -2.47. The number of carbonyl (C=O) groups excluding carboxylic acids is 1. The predicted molar refractivity (Wildman–Crippen MR) is 108 cm³/mol. The molecule has 2 aromatic heterocycles. The van der Waals surface area contributed by atoms with Gasteiger partial charge in [-0.3, -0.25) is 4.98 Å². The van der Waals surface area contributed by atoms with Crippen molar-refractivity contribution >= 4 is 17.1 Å². The molecule has 1 aliphatic rings. The molecule has 8 heteroatoms. The van der Waals surface area contributed by atoms with Gasteiger partial charge in [0.15, 0.2) is 0 Å². The van der Waals surface area contributed by atoms with Crippen LogP contribution in [0.25, 0.3) is 11.0 Å². The standard InChI is InChI=1S/C21H29N3O5/c1-21(2,3)29-20(26)23-14-5-7-17(28-12-14)16(25)11-13-9-10-22-15-6-8-18(27-4)24-19(13)15/h6,8-10,14,16-17,25H,5,7,11-12H2,1-4H3,(H,23,26)/t14?,16-,17?/m0/s1. The van der Waals surface area contributed by atoms with Crippen LogP contribution in [0.15, 0.2) is 24.4 Å². The third kappa shape index (κ3) is 5.77. The number of nitrogens with one attached hydrogen (secondary N) is 1. The van der Waals surface area contributed by atoms with Crippen molar-refractivity contribution in [1.29, 1.82) is 0 Å². The smallest absolute Gasteiger partial charge is 0.407 e. The average molecular weight is 403 g/mol. The van der Waals surface area contributed by atoms with Gasteiger partial charge in [-0.25, -0.2) is 9.78 Å².